The molecule has 0 radical (unpaired) electrons. The Labute approximate surface area is 107 Å². The summed E-state index contributed by atoms with van der Waals surface area (Å²) in [6.45, 7) is 3.08. The van der Waals surface area contributed by atoms with Crippen molar-refractivity contribution in [2.24, 2.45) is 0 Å². The summed E-state index contributed by atoms with van der Waals surface area (Å²) in [6, 6.07) is 2.18. The largest absolute Gasteiger partial charge is 0.436 e. The fraction of sp³-hybridized carbons (Fsp3) is 0.250. The topological polar surface area (TPSA) is 46.3 Å². The van der Waals surface area contributed by atoms with Gasteiger partial charge in [-0.15, -0.1) is 0 Å². The van der Waals surface area contributed by atoms with Crippen LogP contribution in [-0.4, -0.2) is 10.1 Å². The molecular weight excluding hydrogens is 260 g/mol. The number of aromatic nitrogens is 1. The second kappa shape index (κ2) is 5.07. The van der Waals surface area contributed by atoms with Crippen LogP contribution in [0.1, 0.15) is 17.0 Å². The fourth-order valence-corrected chi connectivity index (χ4v) is 2.21. The average Bonchev–Trinajstić information content (AvgIpc) is 2.63. The zero-order chi connectivity index (χ0) is 13.3. The maximum absolute atomic E-state index is 13.6. The van der Waals surface area contributed by atoms with Gasteiger partial charge in [0, 0.05) is 0 Å². The van der Waals surface area contributed by atoms with Gasteiger partial charge in [0.2, 0.25) is 0 Å². The molecule has 0 bridgehead atoms. The Morgan fingerprint density at radius 2 is 1.89 bits per heavy atom. The van der Waals surface area contributed by atoms with E-state index in [0.717, 1.165) is 23.9 Å². The van der Waals surface area contributed by atoms with Gasteiger partial charge in [-0.3, -0.25) is 0 Å². The van der Waals surface area contributed by atoms with E-state index in [1.807, 2.05) is 0 Å². The number of aliphatic hydroxyl groups is 1. The third-order valence-electron chi connectivity index (χ3n) is 2.44. The highest BCUT2D eigenvalue weighted by atomic mass is 32.2. The zero-order valence-electron chi connectivity index (χ0n) is 9.83. The number of rotatable bonds is 3. The molecule has 96 valence electrons. The molecule has 0 atom stereocenters. The zero-order valence-corrected chi connectivity index (χ0v) is 10.6. The van der Waals surface area contributed by atoms with Gasteiger partial charge in [0.25, 0.3) is 5.22 Å². The fourth-order valence-electron chi connectivity index (χ4n) is 1.38. The van der Waals surface area contributed by atoms with Crippen LogP contribution in [0.4, 0.5) is 8.78 Å². The quantitative estimate of drug-likeness (QED) is 0.931. The Balaban J connectivity index is 2.34. The van der Waals surface area contributed by atoms with E-state index in [-0.39, 0.29) is 15.7 Å². The molecule has 0 aliphatic carbocycles. The Hall–Kier alpha value is -1.40. The van der Waals surface area contributed by atoms with Gasteiger partial charge in [0.05, 0.1) is 17.2 Å². The van der Waals surface area contributed by atoms with Crippen molar-refractivity contribution in [1.82, 2.24) is 4.98 Å². The highest BCUT2D eigenvalue weighted by Crippen LogP contribution is 2.33. The summed E-state index contributed by atoms with van der Waals surface area (Å²) in [5.41, 5.74) is 0.874. The van der Waals surface area contributed by atoms with Crippen molar-refractivity contribution in [2.45, 2.75) is 30.6 Å². The lowest BCUT2D eigenvalue weighted by Crippen LogP contribution is -1.93. The third-order valence-corrected chi connectivity index (χ3v) is 3.38. The molecule has 0 fully saturated rings. The van der Waals surface area contributed by atoms with Gasteiger partial charge in [0.1, 0.15) is 17.4 Å². The van der Waals surface area contributed by atoms with Crippen LogP contribution in [0.2, 0.25) is 0 Å². The Morgan fingerprint density at radius 3 is 2.33 bits per heavy atom. The van der Waals surface area contributed by atoms with Crippen molar-refractivity contribution in [3.05, 3.63) is 40.8 Å². The van der Waals surface area contributed by atoms with Gasteiger partial charge in [-0.1, -0.05) is 0 Å². The molecule has 1 aromatic heterocycles. The van der Waals surface area contributed by atoms with Crippen LogP contribution in [0.5, 0.6) is 0 Å². The molecule has 0 saturated carbocycles. The Bertz CT molecular complexity index is 541. The smallest absolute Gasteiger partial charge is 0.261 e. The molecule has 2 aromatic rings. The lowest BCUT2D eigenvalue weighted by atomic mass is 10.2. The van der Waals surface area contributed by atoms with Gasteiger partial charge in [-0.05, 0) is 43.3 Å². The lowest BCUT2D eigenvalue weighted by molar-refractivity contribution is 0.280. The van der Waals surface area contributed by atoms with Gasteiger partial charge in [-0.25, -0.2) is 13.8 Å². The SMILES string of the molecule is Cc1nc(Sc2c(F)cc(CO)cc2F)oc1C. The molecule has 18 heavy (non-hydrogen) atoms. The number of halogens is 2. The van der Waals surface area contributed by atoms with Crippen molar-refractivity contribution in [3.8, 4) is 0 Å². The van der Waals surface area contributed by atoms with Crippen LogP contribution in [0, 0.1) is 25.5 Å². The standard InChI is InChI=1S/C12H11F2NO2S/c1-6-7(2)17-12(15-6)18-11-9(13)3-8(5-16)4-10(11)14/h3-4,16H,5H2,1-2H3. The summed E-state index contributed by atoms with van der Waals surface area (Å²) in [4.78, 5) is 3.86. The predicted molar refractivity (Wildman–Crippen MR) is 62.4 cm³/mol. The minimum atomic E-state index is -0.738. The molecule has 1 aromatic carbocycles. The van der Waals surface area contributed by atoms with Crippen molar-refractivity contribution >= 4 is 11.8 Å². The van der Waals surface area contributed by atoms with Gasteiger partial charge in [-0.2, -0.15) is 0 Å². The van der Waals surface area contributed by atoms with E-state index >= 15 is 0 Å². The molecule has 1 heterocycles. The van der Waals surface area contributed by atoms with E-state index in [2.05, 4.69) is 4.98 Å². The number of nitrogens with zero attached hydrogens (tertiary/aromatic N) is 1. The number of oxazole rings is 1. The van der Waals surface area contributed by atoms with E-state index < -0.39 is 18.2 Å². The van der Waals surface area contributed by atoms with Crippen molar-refractivity contribution < 1.29 is 18.3 Å². The minimum Gasteiger partial charge on any atom is -0.436 e. The van der Waals surface area contributed by atoms with E-state index in [1.165, 1.54) is 0 Å². The molecule has 0 saturated heterocycles. The highest BCUT2D eigenvalue weighted by Gasteiger charge is 2.16. The van der Waals surface area contributed by atoms with E-state index in [0.29, 0.717) is 11.5 Å². The summed E-state index contributed by atoms with van der Waals surface area (Å²) >= 11 is 0.786. The van der Waals surface area contributed by atoms with Crippen LogP contribution in [0.3, 0.4) is 0 Å². The number of hydrogen-bond donors (Lipinski definition) is 1. The van der Waals surface area contributed by atoms with E-state index in [1.54, 1.807) is 13.8 Å². The van der Waals surface area contributed by atoms with Crippen molar-refractivity contribution in [3.63, 3.8) is 0 Å². The van der Waals surface area contributed by atoms with Crippen molar-refractivity contribution in [1.29, 1.82) is 0 Å². The average molecular weight is 271 g/mol. The molecule has 3 nitrogen and oxygen atoms in total. The van der Waals surface area contributed by atoms with Crippen LogP contribution in [0.25, 0.3) is 0 Å². The molecule has 0 aliphatic heterocycles. The molecule has 2 rings (SSSR count). The van der Waals surface area contributed by atoms with E-state index in [4.69, 9.17) is 9.52 Å². The molecule has 6 heteroatoms. The first-order valence-electron chi connectivity index (χ1n) is 5.22. The third kappa shape index (κ3) is 2.54. The Kier molecular flexibility index (Phi) is 3.68. The first-order valence-corrected chi connectivity index (χ1v) is 6.03. The van der Waals surface area contributed by atoms with Crippen molar-refractivity contribution in [2.75, 3.05) is 0 Å². The Morgan fingerprint density at radius 1 is 1.28 bits per heavy atom. The molecule has 0 spiro atoms. The summed E-state index contributed by atoms with van der Waals surface area (Å²) in [5.74, 6) is -0.861. The number of benzene rings is 1. The van der Waals surface area contributed by atoms with Gasteiger partial charge < -0.3 is 9.52 Å². The maximum atomic E-state index is 13.6. The number of aryl methyl sites for hydroxylation is 2. The molecular formula is C12H11F2NO2S. The number of aliphatic hydroxyl groups excluding tert-OH is 1. The van der Waals surface area contributed by atoms with Gasteiger partial charge >= 0.3 is 0 Å². The van der Waals surface area contributed by atoms with Crippen LogP contribution in [0.15, 0.2) is 26.7 Å². The first kappa shape index (κ1) is 13.0. The highest BCUT2D eigenvalue weighted by molar-refractivity contribution is 7.99. The summed E-state index contributed by atoms with van der Waals surface area (Å²) < 4.78 is 32.6. The molecule has 0 amide bonds. The summed E-state index contributed by atoms with van der Waals surface area (Å²) in [5, 5.41) is 9.03. The second-order valence-electron chi connectivity index (χ2n) is 3.77. The van der Waals surface area contributed by atoms with Crippen LogP contribution >= 0.6 is 11.8 Å². The monoisotopic (exact) mass is 271 g/mol. The second-order valence-corrected chi connectivity index (χ2v) is 4.73. The van der Waals surface area contributed by atoms with Crippen LogP contribution < -0.4 is 0 Å². The summed E-state index contributed by atoms with van der Waals surface area (Å²) in [7, 11) is 0. The molecule has 0 aliphatic rings. The minimum absolute atomic E-state index is 0.187. The number of hydrogen-bond acceptors (Lipinski definition) is 4. The first-order chi connectivity index (χ1) is 8.51. The molecule has 1 N–H and O–H groups in total. The normalized spacial score (nSPS) is 10.9. The summed E-state index contributed by atoms with van der Waals surface area (Å²) in [6.07, 6.45) is 0. The molecule has 0 unspecified atom stereocenters. The maximum Gasteiger partial charge on any atom is 0.261 e. The predicted octanol–water partition coefficient (Wildman–Crippen LogP) is 3.21. The van der Waals surface area contributed by atoms with E-state index in [9.17, 15) is 8.78 Å². The van der Waals surface area contributed by atoms with Gasteiger partial charge in [0.15, 0.2) is 0 Å². The van der Waals surface area contributed by atoms with Crippen LogP contribution in [-0.2, 0) is 6.61 Å². The lowest BCUT2D eigenvalue weighted by Gasteiger charge is -2.04.